The Morgan fingerprint density at radius 2 is 1.35 bits per heavy atom. The Labute approximate surface area is 159 Å². The third-order valence-corrected chi connectivity index (χ3v) is 5.82. The predicted molar refractivity (Wildman–Crippen MR) is 110 cm³/mol. The number of carbonyl (C=O) groups is 1. The molecule has 0 aliphatic rings. The van der Waals surface area contributed by atoms with E-state index in [0.717, 1.165) is 18.4 Å². The molecule has 0 bridgehead atoms. The molecule has 0 fully saturated rings. The van der Waals surface area contributed by atoms with E-state index in [4.69, 9.17) is 0 Å². The third-order valence-electron chi connectivity index (χ3n) is 4.45. The maximum atomic E-state index is 12.1. The van der Waals surface area contributed by atoms with Crippen molar-refractivity contribution < 1.29 is 13.2 Å². The van der Waals surface area contributed by atoms with Crippen molar-refractivity contribution in [2.45, 2.75) is 84.5 Å². The van der Waals surface area contributed by atoms with Gasteiger partial charge >= 0.3 is 0 Å². The van der Waals surface area contributed by atoms with Crippen LogP contribution in [-0.2, 0) is 21.2 Å². The fourth-order valence-electron chi connectivity index (χ4n) is 2.99. The van der Waals surface area contributed by atoms with Crippen LogP contribution in [0.1, 0.15) is 83.6 Å². The van der Waals surface area contributed by atoms with E-state index in [1.807, 2.05) is 0 Å². The maximum Gasteiger partial charge on any atom is 0.232 e. The number of rotatable bonds is 15. The van der Waals surface area contributed by atoms with E-state index < -0.39 is 10.0 Å². The number of nitrogens with one attached hydrogen (secondary N) is 1. The first-order valence-corrected chi connectivity index (χ1v) is 11.7. The number of ketones is 1. The number of benzene rings is 1. The smallest absolute Gasteiger partial charge is 0.232 e. The predicted octanol–water partition coefficient (Wildman–Crippen LogP) is 5.48. The first-order valence-electron chi connectivity index (χ1n) is 10.0. The summed E-state index contributed by atoms with van der Waals surface area (Å²) in [5.74, 6) is 0.262. The molecule has 0 amide bonds. The van der Waals surface area contributed by atoms with Gasteiger partial charge in [0.2, 0.25) is 10.0 Å². The van der Waals surface area contributed by atoms with Crippen LogP contribution in [-0.4, -0.2) is 20.0 Å². The van der Waals surface area contributed by atoms with Crippen LogP contribution in [0.15, 0.2) is 24.3 Å². The fraction of sp³-hybridized carbons (Fsp3) is 0.667. The minimum atomic E-state index is -3.30. The highest BCUT2D eigenvalue weighted by molar-refractivity contribution is 7.92. The van der Waals surface area contributed by atoms with Crippen molar-refractivity contribution >= 4 is 21.5 Å². The highest BCUT2D eigenvalue weighted by atomic mass is 32.2. The van der Waals surface area contributed by atoms with E-state index in [2.05, 4.69) is 11.6 Å². The Morgan fingerprint density at radius 3 is 1.85 bits per heavy atom. The molecular weight excluding hydrogens is 346 g/mol. The fourth-order valence-corrected chi connectivity index (χ4v) is 4.17. The van der Waals surface area contributed by atoms with E-state index in [9.17, 15) is 13.2 Å². The van der Waals surface area contributed by atoms with Crippen LogP contribution in [0.25, 0.3) is 0 Å². The van der Waals surface area contributed by atoms with Gasteiger partial charge in [-0.15, -0.1) is 0 Å². The quantitative estimate of drug-likeness (QED) is 0.409. The molecule has 0 aliphatic heterocycles. The molecule has 0 spiro atoms. The lowest BCUT2D eigenvalue weighted by atomic mass is 10.1. The molecule has 4 nitrogen and oxygen atoms in total. The Morgan fingerprint density at radius 1 is 0.846 bits per heavy atom. The van der Waals surface area contributed by atoms with E-state index in [1.54, 1.807) is 31.2 Å². The number of unbranched alkanes of at least 4 members (excludes halogenated alkanes) is 9. The van der Waals surface area contributed by atoms with Crippen molar-refractivity contribution in [1.82, 2.24) is 0 Å². The van der Waals surface area contributed by atoms with Crippen LogP contribution in [0.3, 0.4) is 0 Å². The molecule has 0 aromatic heterocycles. The Bertz CT molecular complexity index is 609. The Balaban J connectivity index is 2.17. The van der Waals surface area contributed by atoms with Gasteiger partial charge in [0.05, 0.1) is 5.75 Å². The lowest BCUT2D eigenvalue weighted by molar-refractivity contribution is -0.116. The average Bonchev–Trinajstić information content (AvgIpc) is 2.57. The molecule has 26 heavy (non-hydrogen) atoms. The summed E-state index contributed by atoms with van der Waals surface area (Å²) < 4.78 is 26.9. The second-order valence-electron chi connectivity index (χ2n) is 7.18. The molecule has 5 heteroatoms. The van der Waals surface area contributed by atoms with Crippen LogP contribution in [0.4, 0.5) is 5.69 Å². The molecule has 0 atom stereocenters. The molecular formula is C21H35NO3S. The largest absolute Gasteiger partial charge is 0.300 e. The summed E-state index contributed by atoms with van der Waals surface area (Å²) in [5.41, 5.74) is 1.46. The maximum absolute atomic E-state index is 12.1. The van der Waals surface area contributed by atoms with Gasteiger partial charge in [-0.25, -0.2) is 8.42 Å². The minimum absolute atomic E-state index is 0.0966. The molecule has 0 heterocycles. The van der Waals surface area contributed by atoms with Gasteiger partial charge < -0.3 is 0 Å². The number of sulfonamides is 1. The van der Waals surface area contributed by atoms with Crippen LogP contribution >= 0.6 is 0 Å². The van der Waals surface area contributed by atoms with E-state index in [1.165, 1.54) is 44.9 Å². The highest BCUT2D eigenvalue weighted by Crippen LogP contribution is 2.14. The Hall–Kier alpha value is -1.36. The third kappa shape index (κ3) is 11.3. The van der Waals surface area contributed by atoms with Crippen LogP contribution in [0, 0.1) is 0 Å². The summed E-state index contributed by atoms with van der Waals surface area (Å²) in [5, 5.41) is 0. The van der Waals surface area contributed by atoms with Gasteiger partial charge in [-0.2, -0.15) is 0 Å². The van der Waals surface area contributed by atoms with Crippen molar-refractivity contribution in [3.63, 3.8) is 0 Å². The van der Waals surface area contributed by atoms with Crippen molar-refractivity contribution in [3.05, 3.63) is 29.8 Å². The lowest BCUT2D eigenvalue weighted by Gasteiger charge is -2.09. The van der Waals surface area contributed by atoms with Crippen molar-refractivity contribution in [1.29, 1.82) is 0 Å². The van der Waals surface area contributed by atoms with E-state index in [-0.39, 0.29) is 11.5 Å². The summed E-state index contributed by atoms with van der Waals surface area (Å²) in [6, 6.07) is 7.02. The van der Waals surface area contributed by atoms with Crippen LogP contribution in [0.2, 0.25) is 0 Å². The molecule has 1 aromatic carbocycles. The Kier molecular flexibility index (Phi) is 11.3. The van der Waals surface area contributed by atoms with E-state index in [0.29, 0.717) is 18.5 Å². The van der Waals surface area contributed by atoms with Crippen molar-refractivity contribution in [2.24, 2.45) is 0 Å². The molecule has 1 N–H and O–H groups in total. The molecule has 1 aromatic rings. The second kappa shape index (κ2) is 12.9. The van der Waals surface area contributed by atoms with Crippen LogP contribution in [0.5, 0.6) is 0 Å². The SMILES string of the molecule is CCCCCCCCCCCCS(=O)(=O)Nc1ccc(CC(C)=O)cc1. The summed E-state index contributed by atoms with van der Waals surface area (Å²) in [6.07, 6.45) is 12.2. The molecule has 0 saturated heterocycles. The zero-order chi connectivity index (χ0) is 19.3. The standard InChI is InChI=1S/C21H35NO3S/c1-3-4-5-6-7-8-9-10-11-12-17-26(24,25)22-21-15-13-20(14-16-21)18-19(2)23/h13-16,22H,3-12,17-18H2,1-2H3. The molecule has 0 aliphatic carbocycles. The first-order chi connectivity index (χ1) is 12.4. The molecule has 0 unspecified atom stereocenters. The molecule has 148 valence electrons. The monoisotopic (exact) mass is 381 g/mol. The lowest BCUT2D eigenvalue weighted by Crippen LogP contribution is -2.16. The highest BCUT2D eigenvalue weighted by Gasteiger charge is 2.10. The van der Waals surface area contributed by atoms with Gasteiger partial charge in [-0.05, 0) is 31.0 Å². The number of Topliss-reactive ketones (excluding diaryl/α,β-unsaturated/α-hetero) is 1. The molecule has 1 rings (SSSR count). The molecule has 0 radical (unpaired) electrons. The number of hydrogen-bond acceptors (Lipinski definition) is 3. The number of carbonyl (C=O) groups excluding carboxylic acids is 1. The second-order valence-corrected chi connectivity index (χ2v) is 9.02. The van der Waals surface area contributed by atoms with Crippen molar-refractivity contribution in [2.75, 3.05) is 10.5 Å². The van der Waals surface area contributed by atoms with Gasteiger partial charge in [0, 0.05) is 12.1 Å². The van der Waals surface area contributed by atoms with E-state index >= 15 is 0 Å². The summed E-state index contributed by atoms with van der Waals surface area (Å²) in [4.78, 5) is 11.1. The van der Waals surface area contributed by atoms with Gasteiger partial charge in [0.1, 0.15) is 5.78 Å². The van der Waals surface area contributed by atoms with Gasteiger partial charge in [0.25, 0.3) is 0 Å². The summed E-state index contributed by atoms with van der Waals surface area (Å²) >= 11 is 0. The molecule has 0 saturated carbocycles. The van der Waals surface area contributed by atoms with Gasteiger partial charge in [-0.1, -0.05) is 76.8 Å². The first kappa shape index (κ1) is 22.7. The van der Waals surface area contributed by atoms with Gasteiger partial charge in [-0.3, -0.25) is 9.52 Å². The average molecular weight is 382 g/mol. The van der Waals surface area contributed by atoms with Crippen molar-refractivity contribution in [3.8, 4) is 0 Å². The number of hydrogen-bond donors (Lipinski definition) is 1. The van der Waals surface area contributed by atoms with Gasteiger partial charge in [0.15, 0.2) is 0 Å². The topological polar surface area (TPSA) is 63.2 Å². The zero-order valence-corrected chi connectivity index (χ0v) is 17.2. The number of anilines is 1. The van der Waals surface area contributed by atoms with Crippen LogP contribution < -0.4 is 4.72 Å². The normalized spacial score (nSPS) is 11.5. The summed E-state index contributed by atoms with van der Waals surface area (Å²) in [6.45, 7) is 3.77. The zero-order valence-electron chi connectivity index (χ0n) is 16.4. The minimum Gasteiger partial charge on any atom is -0.300 e. The summed E-state index contributed by atoms with van der Waals surface area (Å²) in [7, 11) is -3.30.